The van der Waals surface area contributed by atoms with Crippen LogP contribution in [0.2, 0.25) is 0 Å². The first kappa shape index (κ1) is 18.0. The van der Waals surface area contributed by atoms with Crippen molar-refractivity contribution < 1.29 is 35.3 Å². The van der Waals surface area contributed by atoms with Gasteiger partial charge < -0.3 is 25.3 Å². The van der Waals surface area contributed by atoms with Gasteiger partial charge in [0.15, 0.2) is 11.5 Å². The van der Waals surface area contributed by atoms with Gasteiger partial charge in [-0.3, -0.25) is 0 Å². The fraction of sp³-hybridized carbons (Fsp3) is 0.188. The quantitative estimate of drug-likeness (QED) is 0.704. The summed E-state index contributed by atoms with van der Waals surface area (Å²) in [4.78, 5) is 10.9. The molecule has 2 N–H and O–H groups in total. The van der Waals surface area contributed by atoms with Gasteiger partial charge >= 0.3 is 0 Å². The Morgan fingerprint density at radius 1 is 1.05 bits per heavy atom. The van der Waals surface area contributed by atoms with Crippen LogP contribution in [-0.2, 0) is 27.6 Å². The number of carbonyl (C=O) groups excluding carboxylic acids is 1. The number of methoxy groups -OCH3 is 2. The maximum Gasteiger partial charge on any atom is 0.162 e. The van der Waals surface area contributed by atoms with Crippen LogP contribution in [0, 0.1) is 0 Å². The van der Waals surface area contributed by atoms with Crippen molar-refractivity contribution in [3.63, 3.8) is 0 Å². The van der Waals surface area contributed by atoms with Crippen LogP contribution in [-0.4, -0.2) is 20.1 Å². The molecule has 1 amide bonds. The molecule has 0 saturated heterocycles. The van der Waals surface area contributed by atoms with Gasteiger partial charge in [-0.25, -0.2) is 0 Å². The Morgan fingerprint density at radius 2 is 1.68 bits per heavy atom. The molecule has 2 aromatic rings. The molecule has 0 aliphatic rings. The van der Waals surface area contributed by atoms with E-state index in [1.807, 2.05) is 30.3 Å². The van der Waals surface area contributed by atoms with Gasteiger partial charge in [0.2, 0.25) is 0 Å². The van der Waals surface area contributed by atoms with Crippen molar-refractivity contribution in [3.8, 4) is 11.5 Å². The standard InChI is InChI=1S/C16H18N2O3.W/c1-20-14-8-7-13(9-15(14)21-2)18-10-11-3-5-12(6-4-11)16(17)19;/h3-9,18H,10H2,1-2H3,(H2,17,19);/p-1. The first-order valence-electron chi connectivity index (χ1n) is 6.45. The summed E-state index contributed by atoms with van der Waals surface area (Å²) in [5.74, 6) is 0.674. The molecular weight excluding hydrogens is 452 g/mol. The third-order valence-corrected chi connectivity index (χ3v) is 3.10. The van der Waals surface area contributed by atoms with Crippen LogP contribution in [0.5, 0.6) is 11.5 Å². The van der Waals surface area contributed by atoms with Gasteiger partial charge in [-0.2, -0.15) is 0 Å². The number of rotatable bonds is 6. The monoisotopic (exact) mass is 469 g/mol. The minimum Gasteiger partial charge on any atom is -0.664 e. The molecule has 0 aliphatic carbocycles. The molecule has 6 heteroatoms. The van der Waals surface area contributed by atoms with Crippen LogP contribution in [0.15, 0.2) is 42.5 Å². The largest absolute Gasteiger partial charge is 0.664 e. The number of benzene rings is 2. The van der Waals surface area contributed by atoms with Gasteiger partial charge in [-0.05, 0) is 23.3 Å². The predicted octanol–water partition coefficient (Wildman–Crippen LogP) is 3.51. The molecule has 0 radical (unpaired) electrons. The molecule has 0 bridgehead atoms. The molecule has 0 unspecified atom stereocenters. The third kappa shape index (κ3) is 4.50. The Morgan fingerprint density at radius 3 is 2.23 bits per heavy atom. The predicted molar refractivity (Wildman–Crippen MR) is 82.0 cm³/mol. The minimum absolute atomic E-state index is 0. The van der Waals surface area contributed by atoms with Crippen LogP contribution in [0.3, 0.4) is 0 Å². The minimum atomic E-state index is -0.672. The van der Waals surface area contributed by atoms with Crippen LogP contribution in [0.25, 0.3) is 5.73 Å². The van der Waals surface area contributed by atoms with E-state index in [0.717, 1.165) is 11.3 Å². The van der Waals surface area contributed by atoms with Crippen molar-refractivity contribution >= 4 is 11.6 Å². The first-order chi connectivity index (χ1) is 10.1. The Kier molecular flexibility index (Phi) is 6.93. The number of amides is 1. The molecule has 116 valence electrons. The van der Waals surface area contributed by atoms with Gasteiger partial charge in [-0.15, -0.1) is 0 Å². The van der Waals surface area contributed by atoms with E-state index in [1.165, 1.54) is 0 Å². The van der Waals surface area contributed by atoms with Crippen molar-refractivity contribution in [2.45, 2.75) is 6.54 Å². The molecule has 2 aromatic carbocycles. The van der Waals surface area contributed by atoms with E-state index >= 15 is 0 Å². The number of nitrogens with one attached hydrogen (secondary N) is 2. The summed E-state index contributed by atoms with van der Waals surface area (Å²) < 4.78 is 10.4. The van der Waals surface area contributed by atoms with Crippen molar-refractivity contribution in [1.29, 1.82) is 0 Å². The van der Waals surface area contributed by atoms with Crippen molar-refractivity contribution in [1.82, 2.24) is 0 Å². The third-order valence-electron chi connectivity index (χ3n) is 3.10. The fourth-order valence-corrected chi connectivity index (χ4v) is 1.92. The molecule has 0 aromatic heterocycles. The molecule has 0 saturated carbocycles. The summed E-state index contributed by atoms with van der Waals surface area (Å²) in [7, 11) is 3.19. The van der Waals surface area contributed by atoms with E-state index in [0.29, 0.717) is 23.6 Å². The Hall–Kier alpha value is -2.00. The van der Waals surface area contributed by atoms with E-state index in [1.54, 1.807) is 26.4 Å². The maximum absolute atomic E-state index is 10.9. The van der Waals surface area contributed by atoms with Crippen molar-refractivity contribution in [3.05, 3.63) is 59.3 Å². The summed E-state index contributed by atoms with van der Waals surface area (Å²) in [6.45, 7) is 0.613. The zero-order chi connectivity index (χ0) is 15.2. The molecule has 0 atom stereocenters. The topological polar surface area (TPSA) is 71.4 Å². The number of hydrogen-bond donors (Lipinski definition) is 1. The van der Waals surface area contributed by atoms with Crippen LogP contribution in [0.4, 0.5) is 5.69 Å². The Labute approximate surface area is 144 Å². The van der Waals surface area contributed by atoms with E-state index in [2.05, 4.69) is 5.32 Å². The number of hydrogen-bond acceptors (Lipinski definition) is 4. The average Bonchev–Trinajstić information content (AvgIpc) is 2.52. The van der Waals surface area contributed by atoms with Crippen molar-refractivity contribution in [2.24, 2.45) is 0 Å². The summed E-state index contributed by atoms with van der Waals surface area (Å²) in [5.41, 5.74) is 9.36. The van der Waals surface area contributed by atoms with E-state index in [9.17, 15) is 4.79 Å². The SMILES string of the molecule is COc1ccc(NCc2ccc(C([NH-])=O)cc2)cc1OC.[W]. The smallest absolute Gasteiger partial charge is 0.162 e. The molecule has 0 aliphatic heterocycles. The summed E-state index contributed by atoms with van der Waals surface area (Å²) in [6, 6.07) is 12.6. The zero-order valence-electron chi connectivity index (χ0n) is 12.4. The van der Waals surface area contributed by atoms with E-state index in [-0.39, 0.29) is 21.1 Å². The zero-order valence-corrected chi connectivity index (χ0v) is 15.3. The van der Waals surface area contributed by atoms with Gasteiger partial charge in [0, 0.05) is 39.4 Å². The number of anilines is 1. The second-order valence-corrected chi connectivity index (χ2v) is 4.45. The summed E-state index contributed by atoms with van der Waals surface area (Å²) in [5, 5.41) is 3.27. The van der Waals surface area contributed by atoms with Crippen LogP contribution >= 0.6 is 0 Å². The molecule has 0 heterocycles. The Bertz CT molecular complexity index is 630. The first-order valence-corrected chi connectivity index (χ1v) is 6.45. The van der Waals surface area contributed by atoms with Gasteiger partial charge in [0.1, 0.15) is 0 Å². The van der Waals surface area contributed by atoms with Crippen LogP contribution < -0.4 is 14.8 Å². The van der Waals surface area contributed by atoms with Gasteiger partial charge in [0.05, 0.1) is 20.1 Å². The maximum atomic E-state index is 10.9. The number of ether oxygens (including phenoxy) is 2. The second kappa shape index (κ2) is 8.44. The normalized spacial score (nSPS) is 9.55. The second-order valence-electron chi connectivity index (χ2n) is 4.45. The van der Waals surface area contributed by atoms with E-state index in [4.69, 9.17) is 15.2 Å². The number of carbonyl (C=O) groups is 1. The molecule has 2 rings (SSSR count). The van der Waals surface area contributed by atoms with E-state index < -0.39 is 5.91 Å². The van der Waals surface area contributed by atoms with Gasteiger partial charge in [-0.1, -0.05) is 24.3 Å². The molecule has 0 spiro atoms. The fourth-order valence-electron chi connectivity index (χ4n) is 1.92. The molecule has 0 fully saturated rings. The average molecular weight is 469 g/mol. The molecular formula is C16H17N2O3W-. The van der Waals surface area contributed by atoms with Gasteiger partial charge in [0.25, 0.3) is 0 Å². The van der Waals surface area contributed by atoms with Crippen molar-refractivity contribution in [2.75, 3.05) is 19.5 Å². The van der Waals surface area contributed by atoms with Crippen LogP contribution in [0.1, 0.15) is 15.9 Å². The molecule has 22 heavy (non-hydrogen) atoms. The summed E-state index contributed by atoms with van der Waals surface area (Å²) >= 11 is 0. The Balaban J connectivity index is 0.00000242. The molecule has 5 nitrogen and oxygen atoms in total. The summed E-state index contributed by atoms with van der Waals surface area (Å²) in [6.07, 6.45) is 0.